The van der Waals surface area contributed by atoms with E-state index in [0.29, 0.717) is 31.9 Å². The Balaban J connectivity index is 1.40. The van der Waals surface area contributed by atoms with Gasteiger partial charge in [-0.05, 0) is 17.7 Å². The smallest absolute Gasteiger partial charge is 0.241 e. The molecule has 6 nitrogen and oxygen atoms in total. The molecular formula is C22H21N5O. The second-order valence-electron chi connectivity index (χ2n) is 6.88. The predicted octanol–water partition coefficient (Wildman–Crippen LogP) is 3.33. The summed E-state index contributed by atoms with van der Waals surface area (Å²) < 4.78 is 2.10. The molecule has 4 rings (SSSR count). The lowest BCUT2D eigenvalue weighted by molar-refractivity contribution is -0.121. The molecule has 0 saturated carbocycles. The van der Waals surface area contributed by atoms with Crippen LogP contribution in [0.1, 0.15) is 11.3 Å². The molecular weight excluding hydrogens is 350 g/mol. The largest absolute Gasteiger partial charge is 0.329 e. The average molecular weight is 371 g/mol. The highest BCUT2D eigenvalue weighted by molar-refractivity contribution is 5.95. The third-order valence-corrected chi connectivity index (χ3v) is 4.97. The van der Waals surface area contributed by atoms with Gasteiger partial charge >= 0.3 is 0 Å². The molecule has 140 valence electrons. The van der Waals surface area contributed by atoms with Crippen molar-refractivity contribution in [2.45, 2.75) is 13.1 Å². The number of para-hydroxylation sites is 1. The van der Waals surface area contributed by atoms with E-state index in [9.17, 15) is 4.79 Å². The molecule has 0 atom stereocenters. The van der Waals surface area contributed by atoms with Gasteiger partial charge in [0.2, 0.25) is 5.91 Å². The van der Waals surface area contributed by atoms with Crippen LogP contribution in [-0.2, 0) is 17.9 Å². The number of anilines is 1. The highest BCUT2D eigenvalue weighted by Gasteiger charge is 2.25. The zero-order chi connectivity index (χ0) is 19.3. The molecule has 0 unspecified atom stereocenters. The Kier molecular flexibility index (Phi) is 5.18. The third-order valence-electron chi connectivity index (χ3n) is 4.97. The van der Waals surface area contributed by atoms with Crippen LogP contribution in [0.3, 0.4) is 0 Å². The van der Waals surface area contributed by atoms with E-state index in [1.54, 1.807) is 0 Å². The molecule has 0 radical (unpaired) electrons. The lowest BCUT2D eigenvalue weighted by Crippen LogP contribution is -2.50. The number of amides is 1. The summed E-state index contributed by atoms with van der Waals surface area (Å²) in [6.45, 7) is 10.4. The maximum atomic E-state index is 12.6. The maximum Gasteiger partial charge on any atom is 0.241 e. The van der Waals surface area contributed by atoms with Crippen LogP contribution >= 0.6 is 0 Å². The Morgan fingerprint density at radius 2 is 1.79 bits per heavy atom. The van der Waals surface area contributed by atoms with Crippen LogP contribution in [0.15, 0.2) is 67.1 Å². The van der Waals surface area contributed by atoms with Crippen LogP contribution < -0.4 is 4.90 Å². The average Bonchev–Trinajstić information content (AvgIpc) is 3.16. The van der Waals surface area contributed by atoms with Crippen molar-refractivity contribution in [3.05, 3.63) is 89.8 Å². The lowest BCUT2D eigenvalue weighted by atomic mass is 10.2. The summed E-state index contributed by atoms with van der Waals surface area (Å²) in [6.07, 6.45) is 3.68. The summed E-state index contributed by atoms with van der Waals surface area (Å²) in [5.74, 6) is 0.123. The van der Waals surface area contributed by atoms with Crippen molar-refractivity contribution >= 4 is 17.3 Å². The summed E-state index contributed by atoms with van der Waals surface area (Å²) >= 11 is 0. The molecule has 0 bridgehead atoms. The minimum Gasteiger partial charge on any atom is -0.329 e. The molecule has 0 N–H and O–H groups in total. The first-order valence-electron chi connectivity index (χ1n) is 9.26. The molecule has 6 heteroatoms. The van der Waals surface area contributed by atoms with Crippen LogP contribution in [0.25, 0.3) is 4.85 Å². The molecule has 2 heterocycles. The summed E-state index contributed by atoms with van der Waals surface area (Å²) in [5.41, 5.74) is 3.80. The fourth-order valence-electron chi connectivity index (χ4n) is 3.46. The summed E-state index contributed by atoms with van der Waals surface area (Å²) in [5, 5.41) is 0. The van der Waals surface area contributed by atoms with Crippen molar-refractivity contribution < 1.29 is 4.79 Å². The van der Waals surface area contributed by atoms with Crippen LogP contribution in [0.5, 0.6) is 0 Å². The van der Waals surface area contributed by atoms with E-state index in [1.807, 2.05) is 72.0 Å². The third kappa shape index (κ3) is 3.95. The minimum atomic E-state index is 0.123. The van der Waals surface area contributed by atoms with Crippen molar-refractivity contribution in [3.8, 4) is 0 Å². The van der Waals surface area contributed by atoms with Crippen LogP contribution in [-0.4, -0.2) is 40.0 Å². The van der Waals surface area contributed by atoms with E-state index in [-0.39, 0.29) is 5.91 Å². The zero-order valence-corrected chi connectivity index (χ0v) is 15.5. The fraction of sp³-hybridized carbons (Fsp3) is 0.227. The van der Waals surface area contributed by atoms with E-state index < -0.39 is 0 Å². The number of hydrogen-bond donors (Lipinski definition) is 0. The fourth-order valence-corrected chi connectivity index (χ4v) is 3.46. The summed E-state index contributed by atoms with van der Waals surface area (Å²) in [6, 6.07) is 17.4. The molecule has 3 aromatic rings. The van der Waals surface area contributed by atoms with E-state index in [4.69, 9.17) is 6.57 Å². The van der Waals surface area contributed by atoms with Gasteiger partial charge in [-0.25, -0.2) is 9.83 Å². The van der Waals surface area contributed by atoms with Crippen molar-refractivity contribution in [2.75, 3.05) is 24.5 Å². The van der Waals surface area contributed by atoms with Gasteiger partial charge < -0.3 is 9.47 Å². The standard InChI is InChI=1S/C22H21N5O/c1-23-19-9-7-18(8-10-19)14-26-17-24-13-21(26)15-25-11-12-27(22(28)16-25)20-5-3-2-4-6-20/h2-10,13,17H,11-12,14-16H2. The van der Waals surface area contributed by atoms with Crippen LogP contribution in [0.4, 0.5) is 11.4 Å². The molecule has 1 saturated heterocycles. The van der Waals surface area contributed by atoms with E-state index >= 15 is 0 Å². The van der Waals surface area contributed by atoms with Crippen molar-refractivity contribution in [3.63, 3.8) is 0 Å². The van der Waals surface area contributed by atoms with Gasteiger partial charge in [0.15, 0.2) is 5.69 Å². The molecule has 0 aliphatic carbocycles. The van der Waals surface area contributed by atoms with Crippen LogP contribution in [0, 0.1) is 6.57 Å². The minimum absolute atomic E-state index is 0.123. The number of rotatable bonds is 5. The first-order chi connectivity index (χ1) is 13.7. The first kappa shape index (κ1) is 18.0. The number of carbonyl (C=O) groups excluding carboxylic acids is 1. The van der Waals surface area contributed by atoms with Crippen LogP contribution in [0.2, 0.25) is 0 Å². The van der Waals surface area contributed by atoms with E-state index in [2.05, 4.69) is 19.3 Å². The van der Waals surface area contributed by atoms with Gasteiger partial charge in [-0.2, -0.15) is 0 Å². The highest BCUT2D eigenvalue weighted by atomic mass is 16.2. The lowest BCUT2D eigenvalue weighted by Gasteiger charge is -2.34. The topological polar surface area (TPSA) is 45.7 Å². The second kappa shape index (κ2) is 8.07. The SMILES string of the molecule is [C-]#[N+]c1ccc(Cn2cncc2CN2CCN(c3ccccc3)C(=O)C2)cc1. The number of carbonyl (C=O) groups is 1. The van der Waals surface area contributed by atoms with Gasteiger partial charge in [0.05, 0.1) is 25.1 Å². The van der Waals surface area contributed by atoms with Gasteiger partial charge in [-0.3, -0.25) is 9.69 Å². The normalized spacial score (nSPS) is 14.8. The van der Waals surface area contributed by atoms with Crippen molar-refractivity contribution in [1.82, 2.24) is 14.5 Å². The number of benzene rings is 2. The molecule has 2 aromatic carbocycles. The van der Waals surface area contributed by atoms with E-state index in [1.165, 1.54) is 0 Å². The number of hydrogen-bond acceptors (Lipinski definition) is 3. The molecule has 1 aromatic heterocycles. The number of piperazine rings is 1. The van der Waals surface area contributed by atoms with Crippen molar-refractivity contribution in [1.29, 1.82) is 0 Å². The number of nitrogens with zero attached hydrogens (tertiary/aromatic N) is 5. The Morgan fingerprint density at radius 1 is 1.00 bits per heavy atom. The van der Waals surface area contributed by atoms with Gasteiger partial charge in [-0.1, -0.05) is 42.5 Å². The molecule has 1 aliphatic heterocycles. The van der Waals surface area contributed by atoms with Gasteiger partial charge in [0.25, 0.3) is 0 Å². The molecule has 0 spiro atoms. The Morgan fingerprint density at radius 3 is 2.50 bits per heavy atom. The molecule has 28 heavy (non-hydrogen) atoms. The number of aromatic nitrogens is 2. The summed E-state index contributed by atoms with van der Waals surface area (Å²) in [7, 11) is 0. The Hall–Kier alpha value is -3.43. The summed E-state index contributed by atoms with van der Waals surface area (Å²) in [4.78, 5) is 24.3. The quantitative estimate of drug-likeness (QED) is 0.647. The van der Waals surface area contributed by atoms with Crippen molar-refractivity contribution in [2.24, 2.45) is 0 Å². The molecule has 1 aliphatic rings. The Labute approximate surface area is 164 Å². The first-order valence-corrected chi connectivity index (χ1v) is 9.26. The van der Waals surface area contributed by atoms with Gasteiger partial charge in [0, 0.05) is 38.1 Å². The monoisotopic (exact) mass is 371 g/mol. The maximum absolute atomic E-state index is 12.6. The van der Waals surface area contributed by atoms with Gasteiger partial charge in [0.1, 0.15) is 0 Å². The number of imidazole rings is 1. The molecule has 1 fully saturated rings. The second-order valence-corrected chi connectivity index (χ2v) is 6.88. The Bertz CT molecular complexity index is 988. The highest BCUT2D eigenvalue weighted by Crippen LogP contribution is 2.18. The predicted molar refractivity (Wildman–Crippen MR) is 108 cm³/mol. The zero-order valence-electron chi connectivity index (χ0n) is 15.5. The molecule has 1 amide bonds. The van der Waals surface area contributed by atoms with E-state index in [0.717, 1.165) is 23.5 Å². The van der Waals surface area contributed by atoms with Gasteiger partial charge in [-0.15, -0.1) is 0 Å².